The number of carboxylic acid groups (broad SMARTS) is 1. The standard InChI is InChI=1S/C12H16O2/c1-2-3-4-5-6-7-8-9-10-11-12(13)14/h2-5,8,11H2,1H3,(H,13,14). The number of hydrogen-bond donors (Lipinski definition) is 1. The van der Waals surface area contributed by atoms with Crippen LogP contribution in [-0.4, -0.2) is 11.1 Å². The highest BCUT2D eigenvalue weighted by Gasteiger charge is 1.86. The molecule has 2 nitrogen and oxygen atoms in total. The minimum absolute atomic E-state index is 0.0858. The van der Waals surface area contributed by atoms with E-state index in [1.807, 2.05) is 0 Å². The van der Waals surface area contributed by atoms with Crippen LogP contribution in [0.5, 0.6) is 0 Å². The highest BCUT2D eigenvalue weighted by molar-refractivity contribution is 5.69. The van der Waals surface area contributed by atoms with Crippen LogP contribution >= 0.6 is 0 Å². The molecule has 2 heteroatoms. The van der Waals surface area contributed by atoms with Gasteiger partial charge in [-0.15, -0.1) is 5.92 Å². The number of aliphatic carboxylic acids is 1. The molecule has 0 heterocycles. The molecular formula is C12H16O2. The van der Waals surface area contributed by atoms with E-state index in [9.17, 15) is 4.79 Å². The number of unbranched alkanes of at least 4 members (excludes halogenated alkanes) is 3. The summed E-state index contributed by atoms with van der Waals surface area (Å²) in [5, 5.41) is 8.27. The Balaban J connectivity index is 3.40. The monoisotopic (exact) mass is 192 g/mol. The molecule has 76 valence electrons. The van der Waals surface area contributed by atoms with Crippen LogP contribution in [0.15, 0.2) is 0 Å². The van der Waals surface area contributed by atoms with Gasteiger partial charge in [0.05, 0.1) is 6.42 Å². The minimum atomic E-state index is -0.881. The molecule has 0 atom stereocenters. The maximum atomic E-state index is 10.1. The normalized spacial score (nSPS) is 8.07. The summed E-state index contributed by atoms with van der Waals surface area (Å²) in [7, 11) is 0. The van der Waals surface area contributed by atoms with Gasteiger partial charge in [-0.1, -0.05) is 37.5 Å². The molecular weight excluding hydrogens is 176 g/mol. The van der Waals surface area contributed by atoms with Crippen molar-refractivity contribution in [2.24, 2.45) is 0 Å². The third kappa shape index (κ3) is 10.6. The second-order valence-electron chi connectivity index (χ2n) is 2.91. The summed E-state index contributed by atoms with van der Waals surface area (Å²) in [6.07, 6.45) is 4.90. The van der Waals surface area contributed by atoms with Gasteiger partial charge in [0.15, 0.2) is 0 Å². The van der Waals surface area contributed by atoms with Crippen LogP contribution in [0.4, 0.5) is 0 Å². The largest absolute Gasteiger partial charge is 0.481 e. The van der Waals surface area contributed by atoms with Crippen molar-refractivity contribution in [3.8, 4) is 23.7 Å². The van der Waals surface area contributed by atoms with Crippen LogP contribution in [0.3, 0.4) is 0 Å². The van der Waals surface area contributed by atoms with Gasteiger partial charge >= 0.3 is 5.97 Å². The van der Waals surface area contributed by atoms with Crippen molar-refractivity contribution >= 4 is 5.97 Å². The molecule has 0 aromatic heterocycles. The Morgan fingerprint density at radius 2 is 1.86 bits per heavy atom. The first kappa shape index (κ1) is 12.6. The van der Waals surface area contributed by atoms with Crippen molar-refractivity contribution in [1.82, 2.24) is 0 Å². The lowest BCUT2D eigenvalue weighted by molar-refractivity contribution is -0.135. The molecule has 0 radical (unpaired) electrons. The van der Waals surface area contributed by atoms with E-state index in [-0.39, 0.29) is 6.42 Å². The number of rotatable bonds is 4. The van der Waals surface area contributed by atoms with Gasteiger partial charge in [-0.25, -0.2) is 0 Å². The molecule has 0 fully saturated rings. The Morgan fingerprint density at radius 3 is 2.50 bits per heavy atom. The van der Waals surface area contributed by atoms with Crippen molar-refractivity contribution in [2.45, 2.75) is 45.4 Å². The van der Waals surface area contributed by atoms with Gasteiger partial charge in [0.25, 0.3) is 0 Å². The number of carbonyl (C=O) groups is 1. The van der Waals surface area contributed by atoms with Crippen LogP contribution < -0.4 is 0 Å². The van der Waals surface area contributed by atoms with Crippen molar-refractivity contribution in [3.05, 3.63) is 0 Å². The van der Waals surface area contributed by atoms with Crippen LogP contribution in [0.1, 0.15) is 45.4 Å². The van der Waals surface area contributed by atoms with Gasteiger partial charge in [0, 0.05) is 6.42 Å². The Labute approximate surface area is 85.7 Å². The molecule has 0 saturated carbocycles. The van der Waals surface area contributed by atoms with Crippen LogP contribution in [0.2, 0.25) is 0 Å². The second-order valence-corrected chi connectivity index (χ2v) is 2.91. The lowest BCUT2D eigenvalue weighted by Crippen LogP contribution is -1.89. The van der Waals surface area contributed by atoms with Gasteiger partial charge in [0.2, 0.25) is 0 Å². The number of carboxylic acids is 1. The highest BCUT2D eigenvalue weighted by Crippen LogP contribution is 1.96. The summed E-state index contributed by atoms with van der Waals surface area (Å²) < 4.78 is 0. The first-order chi connectivity index (χ1) is 6.77. The summed E-state index contributed by atoms with van der Waals surface area (Å²) in [6, 6.07) is 0. The van der Waals surface area contributed by atoms with E-state index >= 15 is 0 Å². The molecule has 0 bridgehead atoms. The van der Waals surface area contributed by atoms with E-state index in [1.54, 1.807) is 0 Å². The highest BCUT2D eigenvalue weighted by atomic mass is 16.4. The zero-order valence-electron chi connectivity index (χ0n) is 8.60. The lowest BCUT2D eigenvalue weighted by Gasteiger charge is -1.87. The maximum Gasteiger partial charge on any atom is 0.315 e. The quantitative estimate of drug-likeness (QED) is 0.548. The summed E-state index contributed by atoms with van der Waals surface area (Å²) in [4.78, 5) is 10.1. The molecule has 0 aliphatic heterocycles. The van der Waals surface area contributed by atoms with E-state index in [0.29, 0.717) is 6.42 Å². The molecule has 0 spiro atoms. The fraction of sp³-hybridized carbons (Fsp3) is 0.583. The van der Waals surface area contributed by atoms with E-state index in [1.165, 1.54) is 12.8 Å². The van der Waals surface area contributed by atoms with Gasteiger partial charge < -0.3 is 5.11 Å². The summed E-state index contributed by atoms with van der Waals surface area (Å²) in [6.45, 7) is 2.16. The predicted octanol–water partition coefficient (Wildman–Crippen LogP) is 2.44. The van der Waals surface area contributed by atoms with Crippen molar-refractivity contribution < 1.29 is 9.90 Å². The minimum Gasteiger partial charge on any atom is -0.481 e. The fourth-order valence-corrected chi connectivity index (χ4v) is 0.859. The summed E-state index contributed by atoms with van der Waals surface area (Å²) >= 11 is 0. The molecule has 0 aliphatic rings. The Hall–Kier alpha value is -1.41. The van der Waals surface area contributed by atoms with Crippen LogP contribution in [0.25, 0.3) is 0 Å². The average Bonchev–Trinajstić information content (AvgIpc) is 2.15. The van der Waals surface area contributed by atoms with E-state index in [4.69, 9.17) is 5.11 Å². The molecule has 0 aromatic carbocycles. The molecule has 0 amide bonds. The summed E-state index contributed by atoms with van der Waals surface area (Å²) in [5.41, 5.74) is 0. The third-order valence-corrected chi connectivity index (χ3v) is 1.57. The molecule has 1 N–H and O–H groups in total. The van der Waals surface area contributed by atoms with E-state index in [2.05, 4.69) is 30.6 Å². The lowest BCUT2D eigenvalue weighted by atomic mass is 10.2. The van der Waals surface area contributed by atoms with Crippen LogP contribution in [0, 0.1) is 23.7 Å². The maximum absolute atomic E-state index is 10.1. The van der Waals surface area contributed by atoms with Crippen molar-refractivity contribution in [1.29, 1.82) is 0 Å². The Kier molecular flexibility index (Phi) is 8.70. The van der Waals surface area contributed by atoms with Gasteiger partial charge in [0.1, 0.15) is 6.42 Å². The Morgan fingerprint density at radius 1 is 1.14 bits per heavy atom. The second kappa shape index (κ2) is 9.68. The summed E-state index contributed by atoms with van der Waals surface area (Å²) in [5.74, 6) is 10.3. The van der Waals surface area contributed by atoms with Gasteiger partial charge in [-0.3, -0.25) is 4.79 Å². The molecule has 0 saturated heterocycles. The topological polar surface area (TPSA) is 37.3 Å². The molecule has 14 heavy (non-hydrogen) atoms. The van der Waals surface area contributed by atoms with Crippen molar-refractivity contribution in [2.75, 3.05) is 0 Å². The average molecular weight is 192 g/mol. The first-order valence-electron chi connectivity index (χ1n) is 4.90. The predicted molar refractivity (Wildman–Crippen MR) is 56.6 cm³/mol. The molecule has 0 aliphatic carbocycles. The van der Waals surface area contributed by atoms with Gasteiger partial charge in [-0.05, 0) is 6.42 Å². The Bertz CT molecular complexity index is 270. The molecule has 0 rings (SSSR count). The van der Waals surface area contributed by atoms with E-state index < -0.39 is 5.97 Å². The van der Waals surface area contributed by atoms with Crippen molar-refractivity contribution in [3.63, 3.8) is 0 Å². The fourth-order valence-electron chi connectivity index (χ4n) is 0.859. The zero-order valence-corrected chi connectivity index (χ0v) is 8.60. The molecule has 0 unspecified atom stereocenters. The van der Waals surface area contributed by atoms with Crippen LogP contribution in [-0.2, 0) is 4.79 Å². The molecule has 0 aromatic rings. The SMILES string of the molecule is CCCCCC#CCC#CCC(=O)O. The smallest absolute Gasteiger partial charge is 0.315 e. The zero-order chi connectivity index (χ0) is 10.6. The number of hydrogen-bond acceptors (Lipinski definition) is 1. The first-order valence-corrected chi connectivity index (χ1v) is 4.90. The van der Waals surface area contributed by atoms with E-state index in [0.717, 1.165) is 12.8 Å². The third-order valence-electron chi connectivity index (χ3n) is 1.57. The van der Waals surface area contributed by atoms with Gasteiger partial charge in [-0.2, -0.15) is 0 Å².